The second-order valence-corrected chi connectivity index (χ2v) is 5.78. The molecule has 4 nitrogen and oxygen atoms in total. The first-order valence-electron chi connectivity index (χ1n) is 7.39. The third-order valence-corrected chi connectivity index (χ3v) is 4.36. The summed E-state index contributed by atoms with van der Waals surface area (Å²) in [6.07, 6.45) is 3.63. The number of nitrogens with one attached hydrogen (secondary N) is 1. The molecule has 0 bridgehead atoms. The molecule has 1 aromatic carbocycles. The molecule has 1 aromatic rings. The van der Waals surface area contributed by atoms with Gasteiger partial charge in [-0.2, -0.15) is 5.26 Å². The van der Waals surface area contributed by atoms with Crippen molar-refractivity contribution < 1.29 is 13.9 Å². The van der Waals surface area contributed by atoms with Gasteiger partial charge in [-0.25, -0.2) is 4.39 Å². The van der Waals surface area contributed by atoms with E-state index in [2.05, 4.69) is 5.32 Å². The number of hydrogen-bond donors (Lipinski definition) is 1. The maximum atomic E-state index is 13.2. The van der Waals surface area contributed by atoms with Crippen molar-refractivity contribution in [2.45, 2.75) is 37.3 Å². The Labute approximate surface area is 123 Å². The largest absolute Gasteiger partial charge is 0.381 e. The van der Waals surface area contributed by atoms with Gasteiger partial charge in [0.1, 0.15) is 11.9 Å². The number of benzene rings is 1. The summed E-state index contributed by atoms with van der Waals surface area (Å²) in [5, 5.41) is 12.5. The topological polar surface area (TPSA) is 54.3 Å². The summed E-state index contributed by atoms with van der Waals surface area (Å²) >= 11 is 0. The molecule has 1 unspecified atom stereocenters. The van der Waals surface area contributed by atoms with Crippen molar-refractivity contribution in [1.29, 1.82) is 5.26 Å². The highest BCUT2D eigenvalue weighted by molar-refractivity contribution is 5.58. The molecule has 0 saturated carbocycles. The predicted octanol–water partition coefficient (Wildman–Crippen LogP) is 2.84. The van der Waals surface area contributed by atoms with Crippen LogP contribution in [0.5, 0.6) is 0 Å². The molecular formula is C16H19FN2O2. The van der Waals surface area contributed by atoms with Crippen molar-refractivity contribution in [3.8, 4) is 6.07 Å². The Hall–Kier alpha value is -1.64. The van der Waals surface area contributed by atoms with Crippen LogP contribution in [-0.4, -0.2) is 31.5 Å². The number of ether oxygens (including phenoxy) is 2. The lowest BCUT2D eigenvalue weighted by Gasteiger charge is -2.43. The van der Waals surface area contributed by atoms with E-state index in [0.717, 1.165) is 38.9 Å². The molecule has 112 valence electrons. The molecule has 0 aliphatic carbocycles. The van der Waals surface area contributed by atoms with E-state index in [9.17, 15) is 4.39 Å². The molecule has 2 aliphatic heterocycles. The minimum atomic E-state index is -0.384. The van der Waals surface area contributed by atoms with Crippen LogP contribution in [0.3, 0.4) is 0 Å². The fourth-order valence-corrected chi connectivity index (χ4v) is 3.20. The van der Waals surface area contributed by atoms with Gasteiger partial charge in [0.2, 0.25) is 0 Å². The molecule has 0 radical (unpaired) electrons. The van der Waals surface area contributed by atoms with E-state index < -0.39 is 0 Å². The quantitative estimate of drug-likeness (QED) is 0.910. The average Bonchev–Trinajstić information content (AvgIpc) is 2.50. The summed E-state index contributed by atoms with van der Waals surface area (Å²) in [4.78, 5) is 0. The van der Waals surface area contributed by atoms with Crippen molar-refractivity contribution in [3.05, 3.63) is 29.6 Å². The number of nitriles is 1. The minimum Gasteiger partial charge on any atom is -0.381 e. The average molecular weight is 290 g/mol. The van der Waals surface area contributed by atoms with Crippen LogP contribution >= 0.6 is 0 Å². The summed E-state index contributed by atoms with van der Waals surface area (Å²) in [7, 11) is 0. The van der Waals surface area contributed by atoms with Crippen LogP contribution in [0.1, 0.15) is 31.2 Å². The van der Waals surface area contributed by atoms with Crippen molar-refractivity contribution in [2.75, 3.05) is 25.1 Å². The molecule has 0 amide bonds. The number of halogens is 1. The van der Waals surface area contributed by atoms with E-state index in [0.29, 0.717) is 17.9 Å². The zero-order chi connectivity index (χ0) is 14.7. The summed E-state index contributed by atoms with van der Waals surface area (Å²) in [6.45, 7) is 2.19. The lowest BCUT2D eigenvalue weighted by Crippen LogP contribution is -2.47. The van der Waals surface area contributed by atoms with Gasteiger partial charge in [0.15, 0.2) is 0 Å². The number of anilines is 1. The maximum absolute atomic E-state index is 13.2. The van der Waals surface area contributed by atoms with Gasteiger partial charge < -0.3 is 14.8 Å². The zero-order valence-electron chi connectivity index (χ0n) is 11.9. The van der Waals surface area contributed by atoms with Gasteiger partial charge in [-0.15, -0.1) is 0 Å². The molecular weight excluding hydrogens is 271 g/mol. The molecule has 1 spiro atoms. The molecule has 1 N–H and O–H groups in total. The molecule has 3 rings (SSSR count). The Balaban J connectivity index is 1.71. The van der Waals surface area contributed by atoms with E-state index >= 15 is 0 Å². The minimum absolute atomic E-state index is 0.0962. The Kier molecular flexibility index (Phi) is 4.09. The lowest BCUT2D eigenvalue weighted by atomic mass is 9.84. The molecule has 2 saturated heterocycles. The Morgan fingerprint density at radius 3 is 2.86 bits per heavy atom. The third-order valence-electron chi connectivity index (χ3n) is 4.36. The van der Waals surface area contributed by atoms with Crippen LogP contribution in [-0.2, 0) is 9.47 Å². The highest BCUT2D eigenvalue weighted by Crippen LogP contribution is 2.35. The second-order valence-electron chi connectivity index (χ2n) is 5.78. The monoisotopic (exact) mass is 290 g/mol. The standard InChI is InChI=1S/C16H19FN2O2/c17-13-1-2-15(12(9-13)11-18)19-14-3-6-21-16(10-14)4-7-20-8-5-16/h1-2,9,14,19H,3-8,10H2. The first-order chi connectivity index (χ1) is 10.2. The number of nitrogens with zero attached hydrogens (tertiary/aromatic N) is 1. The summed E-state index contributed by atoms with van der Waals surface area (Å²) < 4.78 is 24.6. The number of hydrogen-bond acceptors (Lipinski definition) is 4. The van der Waals surface area contributed by atoms with E-state index in [1.165, 1.54) is 12.1 Å². The molecule has 2 fully saturated rings. The highest BCUT2D eigenvalue weighted by Gasteiger charge is 2.39. The SMILES string of the molecule is N#Cc1cc(F)ccc1NC1CCOC2(CCOCC2)C1. The van der Waals surface area contributed by atoms with E-state index in [4.69, 9.17) is 14.7 Å². The van der Waals surface area contributed by atoms with Crippen molar-refractivity contribution in [3.63, 3.8) is 0 Å². The molecule has 5 heteroatoms. The molecule has 1 atom stereocenters. The third kappa shape index (κ3) is 3.17. The van der Waals surface area contributed by atoms with Crippen LogP contribution in [0, 0.1) is 17.1 Å². The van der Waals surface area contributed by atoms with Gasteiger partial charge in [0.05, 0.1) is 16.9 Å². The second kappa shape index (κ2) is 6.00. The normalized spacial score (nSPS) is 24.5. The molecule has 2 heterocycles. The number of rotatable bonds is 2. The molecule has 0 aromatic heterocycles. The molecule has 21 heavy (non-hydrogen) atoms. The Morgan fingerprint density at radius 2 is 2.10 bits per heavy atom. The Bertz CT molecular complexity index is 544. The van der Waals surface area contributed by atoms with Gasteiger partial charge >= 0.3 is 0 Å². The first kappa shape index (κ1) is 14.3. The Morgan fingerprint density at radius 1 is 1.29 bits per heavy atom. The fourth-order valence-electron chi connectivity index (χ4n) is 3.20. The maximum Gasteiger partial charge on any atom is 0.124 e. The summed E-state index contributed by atoms with van der Waals surface area (Å²) in [5.41, 5.74) is 0.955. The van der Waals surface area contributed by atoms with E-state index in [-0.39, 0.29) is 17.5 Å². The van der Waals surface area contributed by atoms with Gasteiger partial charge in [0, 0.05) is 25.9 Å². The van der Waals surface area contributed by atoms with Gasteiger partial charge in [0.25, 0.3) is 0 Å². The highest BCUT2D eigenvalue weighted by atomic mass is 19.1. The van der Waals surface area contributed by atoms with E-state index in [1.54, 1.807) is 6.07 Å². The zero-order valence-corrected chi connectivity index (χ0v) is 11.9. The van der Waals surface area contributed by atoms with Crippen molar-refractivity contribution >= 4 is 5.69 Å². The van der Waals surface area contributed by atoms with Gasteiger partial charge in [-0.1, -0.05) is 0 Å². The lowest BCUT2D eigenvalue weighted by molar-refractivity contribution is -0.135. The van der Waals surface area contributed by atoms with E-state index in [1.807, 2.05) is 6.07 Å². The van der Waals surface area contributed by atoms with Crippen LogP contribution in [0.15, 0.2) is 18.2 Å². The van der Waals surface area contributed by atoms with Crippen LogP contribution < -0.4 is 5.32 Å². The first-order valence-corrected chi connectivity index (χ1v) is 7.39. The van der Waals surface area contributed by atoms with Gasteiger partial charge in [-0.05, 0) is 43.9 Å². The van der Waals surface area contributed by atoms with Crippen molar-refractivity contribution in [2.24, 2.45) is 0 Å². The fraction of sp³-hybridized carbons (Fsp3) is 0.562. The van der Waals surface area contributed by atoms with Gasteiger partial charge in [-0.3, -0.25) is 0 Å². The van der Waals surface area contributed by atoms with Crippen LogP contribution in [0.25, 0.3) is 0 Å². The summed E-state index contributed by atoms with van der Waals surface area (Å²) in [6, 6.07) is 6.58. The summed E-state index contributed by atoms with van der Waals surface area (Å²) in [5.74, 6) is -0.384. The van der Waals surface area contributed by atoms with Crippen LogP contribution in [0.4, 0.5) is 10.1 Å². The molecule has 2 aliphatic rings. The van der Waals surface area contributed by atoms with Crippen LogP contribution in [0.2, 0.25) is 0 Å². The van der Waals surface area contributed by atoms with Crippen molar-refractivity contribution in [1.82, 2.24) is 0 Å². The predicted molar refractivity (Wildman–Crippen MR) is 76.5 cm³/mol. The smallest absolute Gasteiger partial charge is 0.124 e.